The number of amides is 2. The number of hydrogen-bond acceptors (Lipinski definition) is 2. The minimum atomic E-state index is -0.226. The van der Waals surface area contributed by atoms with Crippen LogP contribution in [-0.4, -0.2) is 23.8 Å². The van der Waals surface area contributed by atoms with E-state index in [4.69, 9.17) is 5.11 Å². The van der Waals surface area contributed by atoms with Crippen molar-refractivity contribution in [2.45, 2.75) is 39.7 Å². The number of aryl methyl sites for hydroxylation is 1. The Morgan fingerprint density at radius 1 is 1.26 bits per heavy atom. The summed E-state index contributed by atoms with van der Waals surface area (Å²) in [7, 11) is 0. The second-order valence-electron chi connectivity index (χ2n) is 5.01. The highest BCUT2D eigenvalue weighted by Crippen LogP contribution is 2.11. The van der Waals surface area contributed by atoms with E-state index in [9.17, 15) is 4.79 Å². The smallest absolute Gasteiger partial charge is 0.319 e. The molecule has 1 aromatic carbocycles. The monoisotopic (exact) mass is 264 g/mol. The number of rotatable bonds is 6. The van der Waals surface area contributed by atoms with E-state index in [-0.39, 0.29) is 18.7 Å². The Morgan fingerprint density at radius 2 is 1.89 bits per heavy atom. The van der Waals surface area contributed by atoms with Crippen LogP contribution in [0.2, 0.25) is 0 Å². The molecule has 0 aliphatic rings. The first-order chi connectivity index (χ1) is 9.06. The molecule has 3 N–H and O–H groups in total. The van der Waals surface area contributed by atoms with Crippen molar-refractivity contribution in [3.8, 4) is 0 Å². The quantitative estimate of drug-likeness (QED) is 0.740. The average molecular weight is 264 g/mol. The van der Waals surface area contributed by atoms with Crippen LogP contribution in [0.1, 0.15) is 32.8 Å². The maximum absolute atomic E-state index is 11.9. The summed E-state index contributed by atoms with van der Waals surface area (Å²) < 4.78 is 0. The van der Waals surface area contributed by atoms with Gasteiger partial charge in [0.15, 0.2) is 0 Å². The molecule has 0 heterocycles. The van der Waals surface area contributed by atoms with Gasteiger partial charge in [-0.25, -0.2) is 4.79 Å². The van der Waals surface area contributed by atoms with Crippen LogP contribution in [0.25, 0.3) is 0 Å². The molecule has 0 aliphatic heterocycles. The molecule has 1 unspecified atom stereocenters. The van der Waals surface area contributed by atoms with E-state index < -0.39 is 0 Å². The highest BCUT2D eigenvalue weighted by atomic mass is 16.3. The average Bonchev–Trinajstić information content (AvgIpc) is 2.39. The number of carbonyl (C=O) groups is 1. The number of anilines is 1. The lowest BCUT2D eigenvalue weighted by molar-refractivity contribution is 0.227. The van der Waals surface area contributed by atoms with Crippen LogP contribution >= 0.6 is 0 Å². The molecule has 0 aromatic heterocycles. The van der Waals surface area contributed by atoms with Gasteiger partial charge >= 0.3 is 6.03 Å². The van der Waals surface area contributed by atoms with Crippen molar-refractivity contribution in [3.05, 3.63) is 29.8 Å². The highest BCUT2D eigenvalue weighted by Gasteiger charge is 2.15. The highest BCUT2D eigenvalue weighted by molar-refractivity contribution is 5.89. The summed E-state index contributed by atoms with van der Waals surface area (Å²) in [6.45, 7) is 6.22. The van der Waals surface area contributed by atoms with Gasteiger partial charge in [-0.2, -0.15) is 0 Å². The summed E-state index contributed by atoms with van der Waals surface area (Å²) in [5.74, 6) is 0.292. The SMILES string of the molecule is CCc1ccc(NC(=O)NC(CCO)C(C)C)cc1. The third-order valence-corrected chi connectivity index (χ3v) is 3.18. The molecule has 0 radical (unpaired) electrons. The molecular formula is C15H24N2O2. The number of carbonyl (C=O) groups excluding carboxylic acids is 1. The van der Waals surface area contributed by atoms with Gasteiger partial charge in [-0.3, -0.25) is 0 Å². The predicted octanol–water partition coefficient (Wildman–Crippen LogP) is 2.78. The molecule has 0 saturated heterocycles. The summed E-state index contributed by atoms with van der Waals surface area (Å²) >= 11 is 0. The minimum absolute atomic E-state index is 0.0140. The van der Waals surface area contributed by atoms with E-state index in [0.717, 1.165) is 12.1 Å². The zero-order chi connectivity index (χ0) is 14.3. The second-order valence-corrected chi connectivity index (χ2v) is 5.01. The van der Waals surface area contributed by atoms with Crippen molar-refractivity contribution in [2.24, 2.45) is 5.92 Å². The van der Waals surface area contributed by atoms with Gasteiger partial charge in [0, 0.05) is 18.3 Å². The molecule has 19 heavy (non-hydrogen) atoms. The first kappa shape index (κ1) is 15.5. The lowest BCUT2D eigenvalue weighted by atomic mass is 10.0. The van der Waals surface area contributed by atoms with Crippen LogP contribution < -0.4 is 10.6 Å². The van der Waals surface area contributed by atoms with Gasteiger partial charge in [-0.05, 0) is 36.5 Å². The fourth-order valence-corrected chi connectivity index (χ4v) is 1.87. The zero-order valence-electron chi connectivity index (χ0n) is 11.9. The number of nitrogens with one attached hydrogen (secondary N) is 2. The van der Waals surface area contributed by atoms with E-state index in [1.807, 2.05) is 38.1 Å². The third kappa shape index (κ3) is 5.30. The lowest BCUT2D eigenvalue weighted by Crippen LogP contribution is -2.41. The zero-order valence-corrected chi connectivity index (χ0v) is 11.9. The van der Waals surface area contributed by atoms with Crippen LogP contribution in [0, 0.1) is 5.92 Å². The van der Waals surface area contributed by atoms with Crippen LogP contribution in [0.15, 0.2) is 24.3 Å². The van der Waals surface area contributed by atoms with Crippen LogP contribution in [-0.2, 0) is 6.42 Å². The largest absolute Gasteiger partial charge is 0.396 e. The topological polar surface area (TPSA) is 61.4 Å². The summed E-state index contributed by atoms with van der Waals surface area (Å²) in [5, 5.41) is 14.7. The van der Waals surface area contributed by atoms with E-state index in [2.05, 4.69) is 17.6 Å². The fraction of sp³-hybridized carbons (Fsp3) is 0.533. The normalized spacial score (nSPS) is 12.3. The summed E-state index contributed by atoms with van der Waals surface area (Å²) in [6, 6.07) is 7.56. The second kappa shape index (κ2) is 7.79. The Kier molecular flexibility index (Phi) is 6.36. The molecule has 0 saturated carbocycles. The van der Waals surface area contributed by atoms with Crippen molar-refractivity contribution in [1.82, 2.24) is 5.32 Å². The standard InChI is InChI=1S/C15H24N2O2/c1-4-12-5-7-13(8-6-12)16-15(19)17-14(9-10-18)11(2)3/h5-8,11,14,18H,4,9-10H2,1-3H3,(H2,16,17,19). The predicted molar refractivity (Wildman–Crippen MR) is 78.3 cm³/mol. The first-order valence-corrected chi connectivity index (χ1v) is 6.84. The molecular weight excluding hydrogens is 240 g/mol. The molecule has 0 spiro atoms. The third-order valence-electron chi connectivity index (χ3n) is 3.18. The first-order valence-electron chi connectivity index (χ1n) is 6.84. The summed E-state index contributed by atoms with van der Waals surface area (Å²) in [5.41, 5.74) is 2.02. The maximum atomic E-state index is 11.9. The van der Waals surface area contributed by atoms with Gasteiger partial charge in [0.1, 0.15) is 0 Å². The maximum Gasteiger partial charge on any atom is 0.319 e. The molecule has 1 atom stereocenters. The number of aliphatic hydroxyl groups excluding tert-OH is 1. The molecule has 4 heteroatoms. The molecule has 2 amide bonds. The van der Waals surface area contributed by atoms with Crippen molar-refractivity contribution < 1.29 is 9.90 Å². The Hall–Kier alpha value is -1.55. The minimum Gasteiger partial charge on any atom is -0.396 e. The molecule has 1 aromatic rings. The van der Waals surface area contributed by atoms with E-state index in [0.29, 0.717) is 12.3 Å². The number of aliphatic hydroxyl groups is 1. The number of urea groups is 1. The van der Waals surface area contributed by atoms with Gasteiger partial charge in [0.2, 0.25) is 0 Å². The van der Waals surface area contributed by atoms with E-state index in [1.54, 1.807) is 0 Å². The molecule has 4 nitrogen and oxygen atoms in total. The number of hydrogen-bond donors (Lipinski definition) is 3. The summed E-state index contributed by atoms with van der Waals surface area (Å²) in [6.07, 6.45) is 1.55. The van der Waals surface area contributed by atoms with Crippen LogP contribution in [0.3, 0.4) is 0 Å². The van der Waals surface area contributed by atoms with Crippen molar-refractivity contribution >= 4 is 11.7 Å². The fourth-order valence-electron chi connectivity index (χ4n) is 1.87. The van der Waals surface area contributed by atoms with Gasteiger partial charge in [-0.1, -0.05) is 32.9 Å². The Balaban J connectivity index is 2.53. The molecule has 0 fully saturated rings. The molecule has 106 valence electrons. The van der Waals surface area contributed by atoms with Gasteiger partial charge < -0.3 is 15.7 Å². The van der Waals surface area contributed by atoms with Crippen LogP contribution in [0.4, 0.5) is 10.5 Å². The Bertz CT molecular complexity index is 388. The Morgan fingerprint density at radius 3 is 2.37 bits per heavy atom. The van der Waals surface area contributed by atoms with Crippen molar-refractivity contribution in [2.75, 3.05) is 11.9 Å². The molecule has 0 bridgehead atoms. The molecule has 0 aliphatic carbocycles. The van der Waals surface area contributed by atoms with E-state index in [1.165, 1.54) is 5.56 Å². The summed E-state index contributed by atoms with van der Waals surface area (Å²) in [4.78, 5) is 11.9. The Labute approximate surface area is 115 Å². The molecule has 1 rings (SSSR count). The lowest BCUT2D eigenvalue weighted by Gasteiger charge is -2.21. The van der Waals surface area contributed by atoms with Gasteiger partial charge in [0.05, 0.1) is 0 Å². The van der Waals surface area contributed by atoms with Gasteiger partial charge in [-0.15, -0.1) is 0 Å². The van der Waals surface area contributed by atoms with Crippen molar-refractivity contribution in [1.29, 1.82) is 0 Å². The van der Waals surface area contributed by atoms with Crippen molar-refractivity contribution in [3.63, 3.8) is 0 Å². The van der Waals surface area contributed by atoms with E-state index >= 15 is 0 Å². The number of benzene rings is 1. The van der Waals surface area contributed by atoms with Gasteiger partial charge in [0.25, 0.3) is 0 Å². The van der Waals surface area contributed by atoms with Crippen LogP contribution in [0.5, 0.6) is 0 Å².